The van der Waals surface area contributed by atoms with Crippen molar-refractivity contribution in [1.82, 2.24) is 19.9 Å². The van der Waals surface area contributed by atoms with E-state index in [1.807, 2.05) is 19.1 Å². The highest BCUT2D eigenvalue weighted by atomic mass is 19.1. The first-order valence-electron chi connectivity index (χ1n) is 11.3. The number of halogens is 1. The smallest absolute Gasteiger partial charge is 0.326 e. The summed E-state index contributed by atoms with van der Waals surface area (Å²) in [5, 5.41) is 9.28. The molecule has 2 aromatic heterocycles. The van der Waals surface area contributed by atoms with Crippen molar-refractivity contribution in [3.63, 3.8) is 0 Å². The number of rotatable bonds is 6. The predicted octanol–water partition coefficient (Wildman–Crippen LogP) is 4.61. The molecule has 1 N–H and O–H groups in total. The van der Waals surface area contributed by atoms with E-state index in [1.165, 1.54) is 29.3 Å². The summed E-state index contributed by atoms with van der Waals surface area (Å²) in [5.74, 6) is -1.53. The lowest BCUT2D eigenvalue weighted by molar-refractivity contribution is -0.146. The third-order valence-corrected chi connectivity index (χ3v) is 5.91. The molecule has 36 heavy (non-hydrogen) atoms. The van der Waals surface area contributed by atoms with E-state index in [9.17, 15) is 19.1 Å². The summed E-state index contributed by atoms with van der Waals surface area (Å²) in [7, 11) is 0. The lowest BCUT2D eigenvalue weighted by Crippen LogP contribution is -2.39. The molecule has 4 aromatic rings. The van der Waals surface area contributed by atoms with Crippen LogP contribution in [0.3, 0.4) is 0 Å². The van der Waals surface area contributed by atoms with Gasteiger partial charge in [-0.3, -0.25) is 4.79 Å². The zero-order valence-corrected chi connectivity index (χ0v) is 19.2. The van der Waals surface area contributed by atoms with E-state index < -0.39 is 17.8 Å². The van der Waals surface area contributed by atoms with Crippen LogP contribution in [0.1, 0.15) is 24.0 Å². The minimum atomic E-state index is -0.983. The van der Waals surface area contributed by atoms with E-state index in [0.717, 1.165) is 11.1 Å². The zero-order valence-electron chi connectivity index (χ0n) is 19.2. The number of aromatic nitrogens is 3. The molecule has 0 aliphatic carbocycles. The van der Waals surface area contributed by atoms with E-state index in [4.69, 9.17) is 9.15 Å². The molecule has 9 nitrogen and oxygen atoms in total. The first-order valence-corrected chi connectivity index (χ1v) is 11.3. The SMILES string of the molecule is Cc1cc(-c2nc3cnc(Oc4ccccc4F)nc3o2)ccc1/C=C/C(=O)N1CCC[C@H]1C(=O)O. The fraction of sp³-hybridized carbons (Fsp3) is 0.192. The second kappa shape index (κ2) is 9.57. The maximum absolute atomic E-state index is 13.8. The maximum Gasteiger partial charge on any atom is 0.326 e. The number of aryl methyl sites for hydroxylation is 1. The molecule has 1 aliphatic heterocycles. The highest BCUT2D eigenvalue weighted by Crippen LogP contribution is 2.28. The second-order valence-corrected chi connectivity index (χ2v) is 8.33. The molecule has 5 rings (SSSR count). The summed E-state index contributed by atoms with van der Waals surface area (Å²) >= 11 is 0. The maximum atomic E-state index is 13.8. The molecule has 2 aromatic carbocycles. The van der Waals surface area contributed by atoms with Crippen molar-refractivity contribution in [3.05, 3.63) is 71.7 Å². The van der Waals surface area contributed by atoms with Gasteiger partial charge >= 0.3 is 12.0 Å². The molecule has 1 atom stereocenters. The number of fused-ring (bicyclic) bond motifs is 1. The van der Waals surface area contributed by atoms with Crippen molar-refractivity contribution in [3.8, 4) is 23.2 Å². The zero-order chi connectivity index (χ0) is 25.2. The van der Waals surface area contributed by atoms with Crippen LogP contribution in [0.4, 0.5) is 4.39 Å². The van der Waals surface area contributed by atoms with Crippen molar-refractivity contribution < 1.29 is 28.2 Å². The van der Waals surface area contributed by atoms with Crippen LogP contribution in [-0.2, 0) is 9.59 Å². The number of benzene rings is 2. The van der Waals surface area contributed by atoms with E-state index in [2.05, 4.69) is 15.0 Å². The Kier molecular flexibility index (Phi) is 6.16. The molecule has 1 fully saturated rings. The number of hydrogen-bond donors (Lipinski definition) is 1. The number of carboxylic acids is 1. The third kappa shape index (κ3) is 4.65. The van der Waals surface area contributed by atoms with E-state index in [-0.39, 0.29) is 23.4 Å². The summed E-state index contributed by atoms with van der Waals surface area (Å²) in [6.45, 7) is 2.32. The van der Waals surface area contributed by atoms with Crippen molar-refractivity contribution in [1.29, 1.82) is 0 Å². The molecule has 182 valence electrons. The largest absolute Gasteiger partial charge is 0.480 e. The van der Waals surface area contributed by atoms with Gasteiger partial charge in [-0.15, -0.1) is 0 Å². The molecule has 0 spiro atoms. The monoisotopic (exact) mass is 488 g/mol. The number of carbonyl (C=O) groups excluding carboxylic acids is 1. The topological polar surface area (TPSA) is 119 Å². The van der Waals surface area contributed by atoms with E-state index >= 15 is 0 Å². The Balaban J connectivity index is 1.33. The molecule has 0 bridgehead atoms. The predicted molar refractivity (Wildman–Crippen MR) is 128 cm³/mol. The van der Waals surface area contributed by atoms with Gasteiger partial charge < -0.3 is 19.2 Å². The first-order chi connectivity index (χ1) is 17.4. The Bertz CT molecular complexity index is 1500. The van der Waals surface area contributed by atoms with Gasteiger partial charge in [0.15, 0.2) is 11.6 Å². The first kappa shape index (κ1) is 23.2. The van der Waals surface area contributed by atoms with Crippen molar-refractivity contribution in [2.75, 3.05) is 6.54 Å². The molecule has 0 saturated carbocycles. The number of likely N-dealkylation sites (tertiary alicyclic amines) is 1. The van der Waals surface area contributed by atoms with Crippen molar-refractivity contribution in [2.45, 2.75) is 25.8 Å². The average Bonchev–Trinajstić information content (AvgIpc) is 3.52. The lowest BCUT2D eigenvalue weighted by Gasteiger charge is -2.19. The van der Waals surface area contributed by atoms with Gasteiger partial charge in [0.1, 0.15) is 11.6 Å². The molecular weight excluding hydrogens is 467 g/mol. The molecule has 1 saturated heterocycles. The van der Waals surface area contributed by atoms with Crippen LogP contribution in [-0.4, -0.2) is 49.4 Å². The Morgan fingerprint density at radius 1 is 1.22 bits per heavy atom. The molecule has 0 radical (unpaired) electrons. The highest BCUT2D eigenvalue weighted by molar-refractivity contribution is 5.95. The van der Waals surface area contributed by atoms with Gasteiger partial charge in [-0.25, -0.2) is 19.2 Å². The van der Waals surface area contributed by atoms with Gasteiger partial charge in [0.05, 0.1) is 6.20 Å². The van der Waals surface area contributed by atoms with Crippen molar-refractivity contribution >= 4 is 29.2 Å². The molecule has 1 amide bonds. The standard InChI is InChI=1S/C26H21FN4O5/c1-15-13-17(9-8-16(15)10-11-22(32)31-12-4-6-20(31)25(33)34)23-29-19-14-28-26(30-24(19)36-23)35-21-7-3-2-5-18(21)27/h2-3,5,7-11,13-14,20H,4,6,12H2,1H3,(H,33,34)/b11-10+/t20-/m0/s1. The lowest BCUT2D eigenvalue weighted by atomic mass is 10.0. The van der Waals surface area contributed by atoms with Crippen LogP contribution in [0, 0.1) is 12.7 Å². The number of carbonyl (C=O) groups is 2. The van der Waals surface area contributed by atoms with Gasteiger partial charge in [0, 0.05) is 18.2 Å². The van der Waals surface area contributed by atoms with Gasteiger partial charge in [-0.2, -0.15) is 4.98 Å². The fourth-order valence-electron chi connectivity index (χ4n) is 4.06. The number of oxazole rings is 1. The van der Waals surface area contributed by atoms with Gasteiger partial charge in [0.25, 0.3) is 5.71 Å². The molecule has 0 unspecified atom stereocenters. The van der Waals surface area contributed by atoms with E-state index in [1.54, 1.807) is 24.3 Å². The Labute approximate surface area is 204 Å². The Morgan fingerprint density at radius 2 is 2.06 bits per heavy atom. The number of ether oxygens (including phenoxy) is 1. The van der Waals surface area contributed by atoms with Gasteiger partial charge in [-0.1, -0.05) is 18.2 Å². The minimum absolute atomic E-state index is 0.00227. The van der Waals surface area contributed by atoms with Crippen molar-refractivity contribution in [2.24, 2.45) is 0 Å². The summed E-state index contributed by atoms with van der Waals surface area (Å²) in [5.41, 5.74) is 2.96. The summed E-state index contributed by atoms with van der Waals surface area (Å²) in [6, 6.07) is 10.6. The summed E-state index contributed by atoms with van der Waals surface area (Å²) in [4.78, 5) is 37.9. The number of aliphatic carboxylic acids is 1. The van der Waals surface area contributed by atoms with Crippen LogP contribution >= 0.6 is 0 Å². The number of nitrogens with zero attached hydrogens (tertiary/aromatic N) is 4. The van der Waals surface area contributed by atoms with Gasteiger partial charge in [-0.05, 0) is 61.2 Å². The van der Waals surface area contributed by atoms with Crippen LogP contribution in [0.5, 0.6) is 11.8 Å². The molecule has 3 heterocycles. The minimum Gasteiger partial charge on any atom is -0.480 e. The summed E-state index contributed by atoms with van der Waals surface area (Å²) < 4.78 is 25.0. The van der Waals surface area contributed by atoms with Crippen LogP contribution in [0.2, 0.25) is 0 Å². The van der Waals surface area contributed by atoms with E-state index in [0.29, 0.717) is 36.4 Å². The second-order valence-electron chi connectivity index (χ2n) is 8.33. The van der Waals surface area contributed by atoms with Crippen LogP contribution < -0.4 is 4.74 Å². The Morgan fingerprint density at radius 3 is 2.83 bits per heavy atom. The number of amides is 1. The molecule has 1 aliphatic rings. The van der Waals surface area contributed by atoms with Gasteiger partial charge in [0.2, 0.25) is 11.8 Å². The Hall–Kier alpha value is -4.60. The molecule has 10 heteroatoms. The summed E-state index contributed by atoms with van der Waals surface area (Å²) in [6.07, 6.45) is 5.64. The molecular formula is C26H21FN4O5. The normalized spacial score (nSPS) is 15.6. The quantitative estimate of drug-likeness (QED) is 0.391. The fourth-order valence-corrected chi connectivity index (χ4v) is 4.06. The van der Waals surface area contributed by atoms with Crippen LogP contribution in [0.15, 0.2) is 59.2 Å². The third-order valence-electron chi connectivity index (χ3n) is 5.91. The number of hydrogen-bond acceptors (Lipinski definition) is 7. The number of carboxylic acid groups (broad SMARTS) is 1. The average molecular weight is 488 g/mol. The highest BCUT2D eigenvalue weighted by Gasteiger charge is 2.32. The number of para-hydroxylation sites is 1. The van der Waals surface area contributed by atoms with Crippen LogP contribution in [0.25, 0.3) is 28.8 Å².